The second-order valence-corrected chi connectivity index (χ2v) is 5.27. The molecule has 1 fully saturated rings. The maximum atomic E-state index is 5.66. The van der Waals surface area contributed by atoms with Gasteiger partial charge in [0.1, 0.15) is 0 Å². The number of nitrogens with one attached hydrogen (secondary N) is 1. The number of hydrogen-bond acceptors (Lipinski definition) is 4. The number of pyridine rings is 1. The fraction of sp³-hybridized carbons (Fsp3) is 0.400. The van der Waals surface area contributed by atoms with Gasteiger partial charge in [-0.25, -0.2) is 0 Å². The first-order chi connectivity index (χ1) is 9.14. The molecule has 4 nitrogen and oxygen atoms in total. The average Bonchev–Trinajstić information content (AvgIpc) is 2.42. The zero-order valence-corrected chi connectivity index (χ0v) is 11.2. The molecule has 0 unspecified atom stereocenters. The SMILES string of the molecule is CC1(C)OCC(Nc2cccc3ccncc23)CO1. The van der Waals surface area contributed by atoms with Gasteiger partial charge in [-0.15, -0.1) is 0 Å². The maximum Gasteiger partial charge on any atom is 0.162 e. The largest absolute Gasteiger partial charge is 0.377 e. The Bertz CT molecular complexity index is 568. The van der Waals surface area contributed by atoms with Crippen LogP contribution in [0, 0.1) is 0 Å². The first kappa shape index (κ1) is 12.4. The molecule has 0 bridgehead atoms. The Morgan fingerprint density at radius 2 is 2.00 bits per heavy atom. The molecule has 0 radical (unpaired) electrons. The van der Waals surface area contributed by atoms with Crippen molar-refractivity contribution in [2.24, 2.45) is 0 Å². The van der Waals surface area contributed by atoms with E-state index in [9.17, 15) is 0 Å². The van der Waals surface area contributed by atoms with E-state index in [1.807, 2.05) is 38.4 Å². The van der Waals surface area contributed by atoms with Crippen molar-refractivity contribution in [1.29, 1.82) is 0 Å². The van der Waals surface area contributed by atoms with E-state index in [2.05, 4.69) is 22.4 Å². The van der Waals surface area contributed by atoms with Gasteiger partial charge in [-0.2, -0.15) is 0 Å². The number of fused-ring (bicyclic) bond motifs is 1. The number of ether oxygens (including phenoxy) is 2. The van der Waals surface area contributed by atoms with Gasteiger partial charge in [0.15, 0.2) is 5.79 Å². The topological polar surface area (TPSA) is 43.4 Å². The van der Waals surface area contributed by atoms with Crippen molar-refractivity contribution < 1.29 is 9.47 Å². The number of nitrogens with zero attached hydrogens (tertiary/aromatic N) is 1. The fourth-order valence-corrected chi connectivity index (χ4v) is 2.23. The molecule has 1 saturated heterocycles. The van der Waals surface area contributed by atoms with E-state index in [1.54, 1.807) is 0 Å². The van der Waals surface area contributed by atoms with Crippen molar-refractivity contribution in [3.8, 4) is 0 Å². The third-order valence-corrected chi connectivity index (χ3v) is 3.31. The lowest BCUT2D eigenvalue weighted by Crippen LogP contribution is -2.45. The summed E-state index contributed by atoms with van der Waals surface area (Å²) in [4.78, 5) is 4.19. The monoisotopic (exact) mass is 258 g/mol. The predicted molar refractivity (Wildman–Crippen MR) is 75.1 cm³/mol. The van der Waals surface area contributed by atoms with Gasteiger partial charge in [-0.1, -0.05) is 12.1 Å². The number of anilines is 1. The van der Waals surface area contributed by atoms with Crippen LogP contribution in [-0.2, 0) is 9.47 Å². The van der Waals surface area contributed by atoms with Crippen molar-refractivity contribution in [2.45, 2.75) is 25.7 Å². The molecule has 19 heavy (non-hydrogen) atoms. The van der Waals surface area contributed by atoms with Crippen LogP contribution >= 0.6 is 0 Å². The van der Waals surface area contributed by atoms with Gasteiger partial charge in [-0.05, 0) is 31.4 Å². The van der Waals surface area contributed by atoms with Crippen LogP contribution in [0.1, 0.15) is 13.8 Å². The van der Waals surface area contributed by atoms with E-state index in [0.29, 0.717) is 13.2 Å². The summed E-state index contributed by atoms with van der Waals surface area (Å²) in [6.45, 7) is 5.16. The first-order valence-electron chi connectivity index (χ1n) is 6.51. The normalized spacial score (nSPS) is 19.5. The Balaban J connectivity index is 1.79. The molecule has 0 aliphatic carbocycles. The molecule has 3 rings (SSSR count). The van der Waals surface area contributed by atoms with Crippen LogP contribution in [0.25, 0.3) is 10.8 Å². The average molecular weight is 258 g/mol. The molecular formula is C15H18N2O2. The van der Waals surface area contributed by atoms with E-state index in [0.717, 1.165) is 11.1 Å². The van der Waals surface area contributed by atoms with Crippen LogP contribution in [0.5, 0.6) is 0 Å². The van der Waals surface area contributed by atoms with Crippen LogP contribution < -0.4 is 5.32 Å². The minimum Gasteiger partial charge on any atom is -0.377 e. The van der Waals surface area contributed by atoms with Crippen LogP contribution in [0.15, 0.2) is 36.7 Å². The molecule has 1 aromatic heterocycles. The molecule has 1 N–H and O–H groups in total. The lowest BCUT2D eigenvalue weighted by molar-refractivity contribution is -0.247. The van der Waals surface area contributed by atoms with Gasteiger partial charge >= 0.3 is 0 Å². The summed E-state index contributed by atoms with van der Waals surface area (Å²) >= 11 is 0. The molecule has 2 heterocycles. The minimum atomic E-state index is -0.474. The predicted octanol–water partition coefficient (Wildman–Crippen LogP) is 2.80. The van der Waals surface area contributed by atoms with Gasteiger partial charge in [0.25, 0.3) is 0 Å². The number of benzene rings is 1. The molecule has 1 aliphatic heterocycles. The van der Waals surface area contributed by atoms with E-state index in [-0.39, 0.29) is 6.04 Å². The summed E-state index contributed by atoms with van der Waals surface area (Å²) in [5.41, 5.74) is 1.07. The Labute approximate surface area is 112 Å². The van der Waals surface area contributed by atoms with E-state index < -0.39 is 5.79 Å². The zero-order chi connectivity index (χ0) is 13.3. The fourth-order valence-electron chi connectivity index (χ4n) is 2.23. The van der Waals surface area contributed by atoms with Crippen molar-refractivity contribution in [1.82, 2.24) is 4.98 Å². The number of hydrogen-bond donors (Lipinski definition) is 1. The third kappa shape index (κ3) is 2.69. The van der Waals surface area contributed by atoms with Gasteiger partial charge in [-0.3, -0.25) is 4.98 Å². The highest BCUT2D eigenvalue weighted by atomic mass is 16.7. The molecule has 0 saturated carbocycles. The number of rotatable bonds is 2. The Hall–Kier alpha value is -1.65. The van der Waals surface area contributed by atoms with Crippen LogP contribution in [0.3, 0.4) is 0 Å². The lowest BCUT2D eigenvalue weighted by Gasteiger charge is -2.35. The van der Waals surface area contributed by atoms with Crippen molar-refractivity contribution in [2.75, 3.05) is 18.5 Å². The van der Waals surface area contributed by atoms with Crippen LogP contribution in [-0.4, -0.2) is 30.0 Å². The zero-order valence-electron chi connectivity index (χ0n) is 11.2. The summed E-state index contributed by atoms with van der Waals surface area (Å²) in [5, 5.41) is 5.77. The molecule has 2 aromatic rings. The van der Waals surface area contributed by atoms with Crippen LogP contribution in [0.4, 0.5) is 5.69 Å². The van der Waals surface area contributed by atoms with Crippen LogP contribution in [0.2, 0.25) is 0 Å². The van der Waals surface area contributed by atoms with Crippen molar-refractivity contribution in [3.05, 3.63) is 36.7 Å². The quantitative estimate of drug-likeness (QED) is 0.899. The Morgan fingerprint density at radius 1 is 1.21 bits per heavy atom. The summed E-state index contributed by atoms with van der Waals surface area (Å²) in [7, 11) is 0. The van der Waals surface area contributed by atoms with Gasteiger partial charge in [0.2, 0.25) is 0 Å². The summed E-state index contributed by atoms with van der Waals surface area (Å²) in [5.74, 6) is -0.474. The second kappa shape index (κ2) is 4.79. The molecule has 4 heteroatoms. The maximum absolute atomic E-state index is 5.66. The second-order valence-electron chi connectivity index (χ2n) is 5.27. The number of aromatic nitrogens is 1. The lowest BCUT2D eigenvalue weighted by atomic mass is 10.1. The van der Waals surface area contributed by atoms with E-state index >= 15 is 0 Å². The summed E-state index contributed by atoms with van der Waals surface area (Å²) < 4.78 is 11.3. The third-order valence-electron chi connectivity index (χ3n) is 3.31. The molecule has 100 valence electrons. The molecule has 0 atom stereocenters. The van der Waals surface area contributed by atoms with Gasteiger partial charge < -0.3 is 14.8 Å². The van der Waals surface area contributed by atoms with Crippen molar-refractivity contribution >= 4 is 16.5 Å². The summed E-state index contributed by atoms with van der Waals surface area (Å²) in [6, 6.07) is 8.36. The molecule has 0 amide bonds. The Kier molecular flexibility index (Phi) is 3.12. The molecule has 1 aliphatic rings. The highest BCUT2D eigenvalue weighted by Gasteiger charge is 2.28. The first-order valence-corrected chi connectivity index (χ1v) is 6.51. The van der Waals surface area contributed by atoms with E-state index in [4.69, 9.17) is 9.47 Å². The highest BCUT2D eigenvalue weighted by Crippen LogP contribution is 2.25. The minimum absolute atomic E-state index is 0.166. The van der Waals surface area contributed by atoms with Crippen molar-refractivity contribution in [3.63, 3.8) is 0 Å². The smallest absolute Gasteiger partial charge is 0.162 e. The molecular weight excluding hydrogens is 240 g/mol. The highest BCUT2D eigenvalue weighted by molar-refractivity contribution is 5.93. The standard InChI is InChI=1S/C15H18N2O2/c1-15(2)18-9-12(10-19-15)17-14-5-3-4-11-6-7-16-8-13(11)14/h3-8,12,17H,9-10H2,1-2H3. The van der Waals surface area contributed by atoms with Gasteiger partial charge in [0.05, 0.1) is 19.3 Å². The summed E-state index contributed by atoms with van der Waals surface area (Å²) in [6.07, 6.45) is 3.69. The van der Waals surface area contributed by atoms with Gasteiger partial charge in [0, 0.05) is 23.5 Å². The Morgan fingerprint density at radius 3 is 2.79 bits per heavy atom. The molecule has 1 aromatic carbocycles. The van der Waals surface area contributed by atoms with E-state index in [1.165, 1.54) is 5.39 Å². The molecule has 0 spiro atoms.